The Balaban J connectivity index is 2.61. The average molecular weight is 297 g/mol. The van der Waals surface area contributed by atoms with Crippen LogP contribution in [0.1, 0.15) is 36.5 Å². The van der Waals surface area contributed by atoms with Gasteiger partial charge in [0.1, 0.15) is 6.54 Å². The van der Waals surface area contributed by atoms with Crippen LogP contribution in [0.4, 0.5) is 4.79 Å². The smallest absolute Gasteiger partial charge is 0.360 e. The van der Waals surface area contributed by atoms with Crippen LogP contribution in [-0.4, -0.2) is 46.1 Å². The van der Waals surface area contributed by atoms with Crippen LogP contribution >= 0.6 is 0 Å². The van der Waals surface area contributed by atoms with Gasteiger partial charge in [-0.05, 0) is 20.3 Å². The van der Waals surface area contributed by atoms with Gasteiger partial charge in [-0.15, -0.1) is 5.10 Å². The Kier molecular flexibility index (Phi) is 6.31. The van der Waals surface area contributed by atoms with E-state index in [0.29, 0.717) is 12.2 Å². The minimum absolute atomic E-state index is 0.0556. The van der Waals surface area contributed by atoms with Crippen LogP contribution in [0.25, 0.3) is 0 Å². The molecule has 1 rings (SSSR count). The van der Waals surface area contributed by atoms with Crippen LogP contribution in [0.5, 0.6) is 0 Å². The van der Waals surface area contributed by atoms with E-state index in [-0.39, 0.29) is 18.8 Å². The molecular weight excluding hydrogens is 278 g/mol. The van der Waals surface area contributed by atoms with E-state index in [0.717, 1.165) is 6.42 Å². The van der Waals surface area contributed by atoms with Gasteiger partial charge in [0.05, 0.1) is 12.3 Å². The maximum Gasteiger partial charge on any atom is 0.360 e. The van der Waals surface area contributed by atoms with E-state index in [1.807, 2.05) is 6.92 Å². The van der Waals surface area contributed by atoms with Crippen molar-refractivity contribution >= 4 is 17.9 Å². The lowest BCUT2D eigenvalue weighted by atomic mass is 10.3. The molecule has 116 valence electrons. The highest BCUT2D eigenvalue weighted by atomic mass is 16.5. The van der Waals surface area contributed by atoms with Crippen LogP contribution in [0.2, 0.25) is 0 Å². The Labute approximate surface area is 122 Å². The van der Waals surface area contributed by atoms with E-state index in [1.165, 1.54) is 4.68 Å². The number of carbonyl (C=O) groups is 3. The number of hydrogen-bond donors (Lipinski definition) is 2. The number of carbonyl (C=O) groups excluding carboxylic acids is 3. The van der Waals surface area contributed by atoms with Gasteiger partial charge in [-0.3, -0.25) is 10.1 Å². The SMILES string of the molecule is CCCNC(=O)NC(=O)Cn1nnc(C(=O)OCC)c1C. The summed E-state index contributed by atoms with van der Waals surface area (Å²) in [6, 6.07) is -0.565. The van der Waals surface area contributed by atoms with Crippen molar-refractivity contribution in [2.45, 2.75) is 33.7 Å². The molecule has 9 nitrogen and oxygen atoms in total. The second-order valence-electron chi connectivity index (χ2n) is 4.21. The zero-order valence-corrected chi connectivity index (χ0v) is 12.3. The first-order valence-corrected chi connectivity index (χ1v) is 6.64. The second-order valence-corrected chi connectivity index (χ2v) is 4.21. The van der Waals surface area contributed by atoms with Crippen molar-refractivity contribution < 1.29 is 19.1 Å². The van der Waals surface area contributed by atoms with Crippen molar-refractivity contribution in [3.05, 3.63) is 11.4 Å². The molecule has 0 aliphatic heterocycles. The highest BCUT2D eigenvalue weighted by Crippen LogP contribution is 2.05. The van der Waals surface area contributed by atoms with Crippen molar-refractivity contribution in [2.75, 3.05) is 13.2 Å². The van der Waals surface area contributed by atoms with E-state index in [4.69, 9.17) is 4.74 Å². The van der Waals surface area contributed by atoms with Gasteiger partial charge in [0, 0.05) is 6.54 Å². The molecule has 0 bridgehead atoms. The van der Waals surface area contributed by atoms with Crippen molar-refractivity contribution in [3.8, 4) is 0 Å². The van der Waals surface area contributed by atoms with Gasteiger partial charge in [0.2, 0.25) is 5.91 Å². The summed E-state index contributed by atoms with van der Waals surface area (Å²) in [7, 11) is 0. The van der Waals surface area contributed by atoms with Gasteiger partial charge in [-0.2, -0.15) is 0 Å². The van der Waals surface area contributed by atoms with Crippen LogP contribution in [-0.2, 0) is 16.1 Å². The molecule has 1 aromatic rings. The molecule has 0 saturated heterocycles. The van der Waals surface area contributed by atoms with Crippen LogP contribution in [0, 0.1) is 6.92 Å². The maximum atomic E-state index is 11.7. The molecule has 9 heteroatoms. The molecule has 0 atom stereocenters. The first-order valence-electron chi connectivity index (χ1n) is 6.64. The Hall–Kier alpha value is -2.45. The zero-order chi connectivity index (χ0) is 15.8. The van der Waals surface area contributed by atoms with E-state index >= 15 is 0 Å². The third kappa shape index (κ3) is 4.86. The molecule has 2 N–H and O–H groups in total. The molecule has 0 aromatic carbocycles. The largest absolute Gasteiger partial charge is 0.461 e. The molecule has 0 aliphatic rings. The van der Waals surface area contributed by atoms with Crippen molar-refractivity contribution in [1.29, 1.82) is 0 Å². The minimum Gasteiger partial charge on any atom is -0.461 e. The van der Waals surface area contributed by atoms with Gasteiger partial charge in [-0.1, -0.05) is 12.1 Å². The molecule has 3 amide bonds. The van der Waals surface area contributed by atoms with Gasteiger partial charge in [0.15, 0.2) is 5.69 Å². The van der Waals surface area contributed by atoms with Crippen LogP contribution in [0.3, 0.4) is 0 Å². The number of urea groups is 1. The van der Waals surface area contributed by atoms with E-state index in [1.54, 1.807) is 13.8 Å². The average Bonchev–Trinajstić information content (AvgIpc) is 2.78. The molecule has 0 unspecified atom stereocenters. The summed E-state index contributed by atoms with van der Waals surface area (Å²) in [4.78, 5) is 34.5. The van der Waals surface area contributed by atoms with Gasteiger partial charge in [0.25, 0.3) is 0 Å². The molecule has 1 aromatic heterocycles. The number of ether oxygens (including phenoxy) is 1. The maximum absolute atomic E-state index is 11.7. The Morgan fingerprint density at radius 1 is 1.29 bits per heavy atom. The fraction of sp³-hybridized carbons (Fsp3) is 0.583. The Bertz CT molecular complexity index is 526. The Morgan fingerprint density at radius 3 is 2.62 bits per heavy atom. The first kappa shape index (κ1) is 16.6. The van der Waals surface area contributed by atoms with E-state index < -0.39 is 17.9 Å². The van der Waals surface area contributed by atoms with Gasteiger partial charge in [-0.25, -0.2) is 14.3 Å². The summed E-state index contributed by atoms with van der Waals surface area (Å²) >= 11 is 0. The standard InChI is InChI=1S/C12H19N5O4/c1-4-6-13-12(20)14-9(18)7-17-8(3)10(15-16-17)11(19)21-5-2/h4-7H2,1-3H3,(H2,13,14,18,20). The van der Waals surface area contributed by atoms with Gasteiger partial charge < -0.3 is 10.1 Å². The number of aromatic nitrogens is 3. The number of esters is 1. The predicted octanol–water partition coefficient (Wildman–Crippen LogP) is -0.000980. The first-order chi connectivity index (χ1) is 9.99. The number of amides is 3. The summed E-state index contributed by atoms with van der Waals surface area (Å²) in [5.41, 5.74) is 0.456. The summed E-state index contributed by atoms with van der Waals surface area (Å²) < 4.78 is 6.05. The van der Waals surface area contributed by atoms with E-state index in [9.17, 15) is 14.4 Å². The molecule has 1 heterocycles. The lowest BCUT2D eigenvalue weighted by Crippen LogP contribution is -2.41. The number of nitrogens with one attached hydrogen (secondary N) is 2. The summed E-state index contributed by atoms with van der Waals surface area (Å²) in [6.07, 6.45) is 0.771. The summed E-state index contributed by atoms with van der Waals surface area (Å²) in [6.45, 7) is 5.67. The second kappa shape index (κ2) is 7.98. The highest BCUT2D eigenvalue weighted by Gasteiger charge is 2.19. The lowest BCUT2D eigenvalue weighted by Gasteiger charge is -2.06. The molecule has 0 aliphatic carbocycles. The van der Waals surface area contributed by atoms with Crippen LogP contribution in [0.15, 0.2) is 0 Å². The third-order valence-electron chi connectivity index (χ3n) is 2.53. The topological polar surface area (TPSA) is 115 Å². The van der Waals surface area contributed by atoms with Crippen molar-refractivity contribution in [3.63, 3.8) is 0 Å². The van der Waals surface area contributed by atoms with Gasteiger partial charge >= 0.3 is 12.0 Å². The fourth-order valence-corrected chi connectivity index (χ4v) is 1.48. The fourth-order valence-electron chi connectivity index (χ4n) is 1.48. The summed E-state index contributed by atoms with van der Waals surface area (Å²) in [5, 5.41) is 12.0. The minimum atomic E-state index is -0.595. The monoisotopic (exact) mass is 297 g/mol. The highest BCUT2D eigenvalue weighted by molar-refractivity contribution is 5.94. The molecular formula is C12H19N5O4. The van der Waals surface area contributed by atoms with E-state index in [2.05, 4.69) is 20.9 Å². The van der Waals surface area contributed by atoms with Crippen molar-refractivity contribution in [2.24, 2.45) is 0 Å². The molecule has 0 radical (unpaired) electrons. The Morgan fingerprint density at radius 2 is 2.00 bits per heavy atom. The molecule has 0 saturated carbocycles. The zero-order valence-electron chi connectivity index (χ0n) is 12.3. The number of nitrogens with zero attached hydrogens (tertiary/aromatic N) is 3. The van der Waals surface area contributed by atoms with Crippen molar-refractivity contribution in [1.82, 2.24) is 25.6 Å². The van der Waals surface area contributed by atoms with Crippen LogP contribution < -0.4 is 10.6 Å². The summed E-state index contributed by atoms with van der Waals surface area (Å²) in [5.74, 6) is -1.14. The third-order valence-corrected chi connectivity index (χ3v) is 2.53. The molecule has 21 heavy (non-hydrogen) atoms. The molecule has 0 fully saturated rings. The number of rotatable bonds is 6. The lowest BCUT2D eigenvalue weighted by molar-refractivity contribution is -0.120. The quantitative estimate of drug-likeness (QED) is 0.714. The predicted molar refractivity (Wildman–Crippen MR) is 72.5 cm³/mol. The normalized spacial score (nSPS) is 10.0. The number of hydrogen-bond acceptors (Lipinski definition) is 6. The number of imide groups is 1. The molecule has 0 spiro atoms.